The van der Waals surface area contributed by atoms with Gasteiger partial charge in [0.15, 0.2) is 0 Å². The van der Waals surface area contributed by atoms with Gasteiger partial charge in [0.1, 0.15) is 11.5 Å². The van der Waals surface area contributed by atoms with E-state index in [1.165, 1.54) is 16.4 Å². The molecule has 4 rings (SSSR count). The largest absolute Gasteiger partial charge is 0.456 e. The summed E-state index contributed by atoms with van der Waals surface area (Å²) in [5.74, 6) is 0.594. The number of ether oxygens (including phenoxy) is 1. The van der Waals surface area contributed by atoms with E-state index in [-0.39, 0.29) is 30.4 Å². The zero-order valence-electron chi connectivity index (χ0n) is 15.2. The highest BCUT2D eigenvalue weighted by atomic mass is 35.5. The summed E-state index contributed by atoms with van der Waals surface area (Å²) >= 11 is 6.07. The molecule has 0 radical (unpaired) electrons. The fourth-order valence-electron chi connectivity index (χ4n) is 3.43. The Balaban J connectivity index is 1.47. The fraction of sp³-hybridized carbons (Fsp3) is 0.263. The van der Waals surface area contributed by atoms with Gasteiger partial charge in [0.05, 0.1) is 22.5 Å². The molecule has 1 atom stereocenters. The van der Waals surface area contributed by atoms with Crippen LogP contribution in [-0.4, -0.2) is 55.2 Å². The lowest BCUT2D eigenvalue weighted by molar-refractivity contribution is -0.126. The Hall–Kier alpha value is -2.62. The third kappa shape index (κ3) is 3.81. The van der Waals surface area contributed by atoms with Crippen LogP contribution in [0.4, 0.5) is 4.79 Å². The normalized spacial score (nSPS) is 20.2. The molecule has 2 aromatic carbocycles. The number of halogens is 1. The molecule has 2 saturated heterocycles. The molecule has 0 saturated carbocycles. The molecule has 3 amide bonds. The lowest BCUT2D eigenvalue weighted by Gasteiger charge is -2.21. The molecule has 152 valence electrons. The number of benzene rings is 2. The van der Waals surface area contributed by atoms with Gasteiger partial charge in [-0.2, -0.15) is 4.31 Å². The molecular weight excluding hydrogens is 418 g/mol. The van der Waals surface area contributed by atoms with Gasteiger partial charge < -0.3 is 10.1 Å². The number of imide groups is 1. The molecule has 29 heavy (non-hydrogen) atoms. The van der Waals surface area contributed by atoms with E-state index in [2.05, 4.69) is 5.32 Å². The molecule has 0 bridgehead atoms. The maximum Gasteiger partial charge on any atom is 0.324 e. The van der Waals surface area contributed by atoms with Gasteiger partial charge in [-0.3, -0.25) is 9.69 Å². The van der Waals surface area contributed by atoms with E-state index in [0.717, 1.165) is 4.90 Å². The predicted octanol–water partition coefficient (Wildman–Crippen LogP) is 2.45. The van der Waals surface area contributed by atoms with Crippen molar-refractivity contribution in [3.8, 4) is 11.5 Å². The van der Waals surface area contributed by atoms with Crippen molar-refractivity contribution in [1.29, 1.82) is 0 Å². The van der Waals surface area contributed by atoms with Crippen molar-refractivity contribution in [2.45, 2.75) is 17.4 Å². The summed E-state index contributed by atoms with van der Waals surface area (Å²) in [4.78, 5) is 24.9. The van der Waals surface area contributed by atoms with Gasteiger partial charge in [-0.1, -0.05) is 23.7 Å². The highest BCUT2D eigenvalue weighted by molar-refractivity contribution is 7.89. The maximum atomic E-state index is 12.9. The molecule has 2 heterocycles. The first-order valence-corrected chi connectivity index (χ1v) is 10.8. The Bertz CT molecular complexity index is 1040. The summed E-state index contributed by atoms with van der Waals surface area (Å²) in [5, 5.41) is 2.91. The molecule has 8 nitrogen and oxygen atoms in total. The van der Waals surface area contributed by atoms with E-state index >= 15 is 0 Å². The third-order valence-corrected chi connectivity index (χ3v) is 7.09. The Morgan fingerprint density at radius 3 is 2.45 bits per heavy atom. The molecule has 0 spiro atoms. The van der Waals surface area contributed by atoms with Crippen LogP contribution >= 0.6 is 11.6 Å². The van der Waals surface area contributed by atoms with Crippen molar-refractivity contribution in [3.05, 3.63) is 53.6 Å². The first-order valence-electron chi connectivity index (χ1n) is 8.99. The highest BCUT2D eigenvalue weighted by Crippen LogP contribution is 2.30. The average molecular weight is 436 g/mol. The summed E-state index contributed by atoms with van der Waals surface area (Å²) < 4.78 is 32.9. The Morgan fingerprint density at radius 2 is 1.79 bits per heavy atom. The molecule has 2 aliphatic rings. The first-order chi connectivity index (χ1) is 13.9. The smallest absolute Gasteiger partial charge is 0.324 e. The van der Waals surface area contributed by atoms with Crippen molar-refractivity contribution >= 4 is 33.6 Å². The van der Waals surface area contributed by atoms with Crippen LogP contribution in [0.5, 0.6) is 11.5 Å². The lowest BCUT2D eigenvalue weighted by atomic mass is 10.2. The zero-order chi connectivity index (χ0) is 20.6. The number of carbonyl (C=O) groups is 2. The van der Waals surface area contributed by atoms with Crippen molar-refractivity contribution in [2.24, 2.45) is 0 Å². The maximum absolute atomic E-state index is 12.9. The quantitative estimate of drug-likeness (QED) is 0.728. The van der Waals surface area contributed by atoms with Crippen molar-refractivity contribution in [1.82, 2.24) is 14.5 Å². The summed E-state index contributed by atoms with van der Waals surface area (Å²) in [6.07, 6.45) is 0.409. The third-order valence-electron chi connectivity index (χ3n) is 4.90. The van der Waals surface area contributed by atoms with Gasteiger partial charge >= 0.3 is 6.03 Å². The standard InChI is InChI=1S/C19H18ClN3O5S/c20-16-3-1-2-4-17(16)28-14-5-7-15(8-6-14)29(26,27)22-10-9-13(12-22)23-18(24)11-21-19(23)25/h1-8,13H,9-12H2,(H,21,25). The number of urea groups is 1. The number of rotatable bonds is 5. The van der Waals surface area contributed by atoms with Crippen LogP contribution in [0.3, 0.4) is 0 Å². The monoisotopic (exact) mass is 435 g/mol. The minimum Gasteiger partial charge on any atom is -0.456 e. The summed E-state index contributed by atoms with van der Waals surface area (Å²) in [7, 11) is -3.75. The SMILES string of the molecule is O=C1CNC(=O)N1C1CCN(S(=O)(=O)c2ccc(Oc3ccccc3Cl)cc2)C1. The van der Waals surface area contributed by atoms with Crippen LogP contribution in [0, 0.1) is 0 Å². The lowest BCUT2D eigenvalue weighted by Crippen LogP contribution is -2.42. The molecule has 0 aromatic heterocycles. The number of nitrogens with one attached hydrogen (secondary N) is 1. The second kappa shape index (κ2) is 7.66. The van der Waals surface area contributed by atoms with Crippen LogP contribution in [0.25, 0.3) is 0 Å². The fourth-order valence-corrected chi connectivity index (χ4v) is 5.09. The molecule has 2 fully saturated rings. The van der Waals surface area contributed by atoms with Crippen LogP contribution in [-0.2, 0) is 14.8 Å². The number of carbonyl (C=O) groups excluding carboxylic acids is 2. The topological polar surface area (TPSA) is 96.0 Å². The Labute approximate surface area is 173 Å². The molecule has 2 aromatic rings. The van der Waals surface area contributed by atoms with Gasteiger partial charge in [0, 0.05) is 13.1 Å². The van der Waals surface area contributed by atoms with Gasteiger partial charge in [-0.15, -0.1) is 0 Å². The number of para-hydroxylation sites is 1. The number of sulfonamides is 1. The highest BCUT2D eigenvalue weighted by Gasteiger charge is 2.41. The zero-order valence-corrected chi connectivity index (χ0v) is 16.8. The molecular formula is C19H18ClN3O5S. The number of hydrogen-bond donors (Lipinski definition) is 1. The van der Waals surface area contributed by atoms with E-state index < -0.39 is 22.1 Å². The molecule has 1 unspecified atom stereocenters. The summed E-state index contributed by atoms with van der Waals surface area (Å²) in [6.45, 7) is 0.274. The van der Waals surface area contributed by atoms with E-state index in [0.29, 0.717) is 22.9 Å². The van der Waals surface area contributed by atoms with Gasteiger partial charge in [-0.25, -0.2) is 13.2 Å². The van der Waals surface area contributed by atoms with Crippen molar-refractivity contribution in [3.63, 3.8) is 0 Å². The Morgan fingerprint density at radius 1 is 1.07 bits per heavy atom. The number of nitrogens with zero attached hydrogens (tertiary/aromatic N) is 2. The minimum absolute atomic E-state index is 0.0467. The first kappa shape index (κ1) is 19.7. The molecule has 2 aliphatic heterocycles. The van der Waals surface area contributed by atoms with Crippen molar-refractivity contribution < 1.29 is 22.7 Å². The van der Waals surface area contributed by atoms with Crippen LogP contribution < -0.4 is 10.1 Å². The molecule has 0 aliphatic carbocycles. The predicted molar refractivity (Wildman–Crippen MR) is 105 cm³/mol. The number of hydrogen-bond acceptors (Lipinski definition) is 5. The van der Waals surface area contributed by atoms with Crippen LogP contribution in [0.2, 0.25) is 5.02 Å². The van der Waals surface area contributed by atoms with Crippen LogP contribution in [0.15, 0.2) is 53.4 Å². The van der Waals surface area contributed by atoms with Crippen LogP contribution in [0.1, 0.15) is 6.42 Å². The second-order valence-corrected chi connectivity index (χ2v) is 9.08. The summed E-state index contributed by atoms with van der Waals surface area (Å²) in [5.41, 5.74) is 0. The van der Waals surface area contributed by atoms with Gasteiger partial charge in [0.2, 0.25) is 15.9 Å². The van der Waals surface area contributed by atoms with Gasteiger partial charge in [0.25, 0.3) is 0 Å². The second-order valence-electron chi connectivity index (χ2n) is 6.73. The number of amides is 3. The van der Waals surface area contributed by atoms with E-state index in [4.69, 9.17) is 16.3 Å². The van der Waals surface area contributed by atoms with E-state index in [1.807, 2.05) is 0 Å². The van der Waals surface area contributed by atoms with Crippen molar-refractivity contribution in [2.75, 3.05) is 19.6 Å². The Kier molecular flexibility index (Phi) is 5.20. The van der Waals surface area contributed by atoms with E-state index in [1.54, 1.807) is 36.4 Å². The van der Waals surface area contributed by atoms with Gasteiger partial charge in [-0.05, 0) is 42.8 Å². The average Bonchev–Trinajstić information content (AvgIpc) is 3.31. The molecule has 1 N–H and O–H groups in total. The van der Waals surface area contributed by atoms with E-state index in [9.17, 15) is 18.0 Å². The minimum atomic E-state index is -3.75. The summed E-state index contributed by atoms with van der Waals surface area (Å²) in [6, 6.07) is 12.1. The molecule has 10 heteroatoms.